The molecule has 0 spiro atoms. The van der Waals surface area contributed by atoms with Crippen molar-refractivity contribution in [3.63, 3.8) is 0 Å². The third kappa shape index (κ3) is 5.77. The van der Waals surface area contributed by atoms with E-state index in [2.05, 4.69) is 31.3 Å². The van der Waals surface area contributed by atoms with E-state index in [4.69, 9.17) is 9.47 Å². The lowest BCUT2D eigenvalue weighted by Gasteiger charge is -2.17. The maximum Gasteiger partial charge on any atom is 0.338 e. The molecule has 8 nitrogen and oxygen atoms in total. The van der Waals surface area contributed by atoms with Gasteiger partial charge in [-0.15, -0.1) is 0 Å². The largest absolute Gasteiger partial charge is 0.452 e. The van der Waals surface area contributed by atoms with Gasteiger partial charge in [0.1, 0.15) is 0 Å². The Morgan fingerprint density at radius 3 is 2.51 bits per heavy atom. The van der Waals surface area contributed by atoms with Gasteiger partial charge in [-0.05, 0) is 54.5 Å². The summed E-state index contributed by atoms with van der Waals surface area (Å²) in [7, 11) is 0. The van der Waals surface area contributed by atoms with Crippen molar-refractivity contribution in [1.29, 1.82) is 0 Å². The summed E-state index contributed by atoms with van der Waals surface area (Å²) in [6.45, 7) is 5.10. The molecule has 4 rings (SSSR count). The number of benzene rings is 2. The second kappa shape index (κ2) is 10.8. The van der Waals surface area contributed by atoms with E-state index in [-0.39, 0.29) is 29.3 Å². The van der Waals surface area contributed by atoms with Crippen LogP contribution >= 0.6 is 0 Å². The van der Waals surface area contributed by atoms with Crippen molar-refractivity contribution in [2.45, 2.75) is 45.1 Å². The number of carbonyl (C=O) groups excluding carboxylic acids is 4. The number of carbonyl (C=O) groups is 4. The van der Waals surface area contributed by atoms with Crippen molar-refractivity contribution < 1.29 is 28.7 Å². The summed E-state index contributed by atoms with van der Waals surface area (Å²) in [5.74, 6) is -1.52. The van der Waals surface area contributed by atoms with Crippen LogP contribution in [0, 0.1) is 0 Å². The fraction of sp³-hybridized carbons (Fsp3) is 0.407. The van der Waals surface area contributed by atoms with Gasteiger partial charge in [0.15, 0.2) is 6.61 Å². The van der Waals surface area contributed by atoms with Gasteiger partial charge in [-0.25, -0.2) is 4.79 Å². The van der Waals surface area contributed by atoms with Crippen molar-refractivity contribution in [2.75, 3.05) is 26.3 Å². The van der Waals surface area contributed by atoms with Gasteiger partial charge < -0.3 is 14.8 Å². The molecule has 0 saturated carbocycles. The lowest BCUT2D eigenvalue weighted by atomic mass is 10.0. The Labute approximate surface area is 204 Å². The van der Waals surface area contributed by atoms with Crippen molar-refractivity contribution in [3.05, 3.63) is 70.3 Å². The quantitative estimate of drug-likeness (QED) is 0.439. The fourth-order valence-corrected chi connectivity index (χ4v) is 4.26. The third-order valence-corrected chi connectivity index (χ3v) is 6.33. The molecule has 2 aromatic carbocycles. The molecule has 0 aromatic heterocycles. The number of imide groups is 1. The summed E-state index contributed by atoms with van der Waals surface area (Å²) in [5.41, 5.74) is 2.90. The highest BCUT2D eigenvalue weighted by atomic mass is 16.5. The molecule has 1 unspecified atom stereocenters. The molecule has 2 aliphatic rings. The Morgan fingerprint density at radius 1 is 1.09 bits per heavy atom. The van der Waals surface area contributed by atoms with Crippen LogP contribution in [0.25, 0.3) is 0 Å². The topological polar surface area (TPSA) is 102 Å². The van der Waals surface area contributed by atoms with Crippen molar-refractivity contribution in [3.8, 4) is 0 Å². The Balaban J connectivity index is 1.26. The van der Waals surface area contributed by atoms with E-state index >= 15 is 0 Å². The fourth-order valence-electron chi connectivity index (χ4n) is 4.26. The minimum absolute atomic E-state index is 0.113. The summed E-state index contributed by atoms with van der Waals surface area (Å²) in [6, 6.07) is 12.5. The molecule has 2 heterocycles. The van der Waals surface area contributed by atoms with Gasteiger partial charge >= 0.3 is 5.97 Å². The Bertz CT molecular complexity index is 1120. The first-order chi connectivity index (χ1) is 16.8. The Hall–Kier alpha value is -3.52. The van der Waals surface area contributed by atoms with E-state index in [0.29, 0.717) is 25.5 Å². The molecular formula is C27H30N2O6. The Morgan fingerprint density at radius 2 is 1.83 bits per heavy atom. The smallest absolute Gasteiger partial charge is 0.338 e. The van der Waals surface area contributed by atoms with Crippen LogP contribution in [0.3, 0.4) is 0 Å². The van der Waals surface area contributed by atoms with Gasteiger partial charge in [-0.3, -0.25) is 19.3 Å². The van der Waals surface area contributed by atoms with Gasteiger partial charge in [-0.1, -0.05) is 38.1 Å². The predicted molar refractivity (Wildman–Crippen MR) is 128 cm³/mol. The van der Waals surface area contributed by atoms with Gasteiger partial charge in [0.25, 0.3) is 17.7 Å². The van der Waals surface area contributed by atoms with Crippen molar-refractivity contribution in [2.24, 2.45) is 0 Å². The van der Waals surface area contributed by atoms with E-state index in [1.807, 2.05) is 12.1 Å². The zero-order valence-electron chi connectivity index (χ0n) is 20.0. The molecule has 35 heavy (non-hydrogen) atoms. The number of ether oxygens (including phenoxy) is 2. The first-order valence-electron chi connectivity index (χ1n) is 12.0. The van der Waals surface area contributed by atoms with E-state index in [1.54, 1.807) is 0 Å². The first-order valence-corrected chi connectivity index (χ1v) is 12.0. The van der Waals surface area contributed by atoms with Crippen LogP contribution in [0.1, 0.15) is 74.8 Å². The number of nitrogens with zero attached hydrogens (tertiary/aromatic N) is 1. The monoisotopic (exact) mass is 478 g/mol. The molecule has 8 heteroatoms. The second-order valence-corrected chi connectivity index (χ2v) is 9.19. The average Bonchev–Trinajstić information content (AvgIpc) is 3.45. The minimum atomic E-state index is -0.731. The van der Waals surface area contributed by atoms with Gasteiger partial charge in [0, 0.05) is 13.2 Å². The van der Waals surface area contributed by atoms with E-state index < -0.39 is 30.3 Å². The number of amides is 3. The maximum atomic E-state index is 12.8. The lowest BCUT2D eigenvalue weighted by molar-refractivity contribution is -0.124. The predicted octanol–water partition coefficient (Wildman–Crippen LogP) is 3.10. The number of hydrogen-bond donors (Lipinski definition) is 1. The molecule has 2 aliphatic heterocycles. The Kier molecular flexibility index (Phi) is 7.60. The first kappa shape index (κ1) is 24.6. The third-order valence-electron chi connectivity index (χ3n) is 6.33. The van der Waals surface area contributed by atoms with Gasteiger partial charge in [0.2, 0.25) is 0 Å². The van der Waals surface area contributed by atoms with E-state index in [1.165, 1.54) is 28.7 Å². The zero-order valence-corrected chi connectivity index (χ0v) is 20.0. The normalized spacial score (nSPS) is 17.1. The SMILES string of the molecule is CC(C)c1ccc(CCNC(=O)COC(=O)c2ccc3c(c2)C(=O)N(CC2CCCO2)C3=O)cc1. The molecule has 1 fully saturated rings. The van der Waals surface area contributed by atoms with Crippen LogP contribution in [-0.2, 0) is 20.7 Å². The number of nitrogens with one attached hydrogen (secondary N) is 1. The molecule has 1 saturated heterocycles. The van der Waals surface area contributed by atoms with Crippen LogP contribution in [-0.4, -0.2) is 61.0 Å². The van der Waals surface area contributed by atoms with Crippen LogP contribution in [0.5, 0.6) is 0 Å². The molecule has 1 atom stereocenters. The van der Waals surface area contributed by atoms with Crippen LogP contribution < -0.4 is 5.32 Å². The van der Waals surface area contributed by atoms with Gasteiger partial charge in [0.05, 0.1) is 29.3 Å². The average molecular weight is 479 g/mol. The highest BCUT2D eigenvalue weighted by molar-refractivity contribution is 6.22. The summed E-state index contributed by atoms with van der Waals surface area (Å²) in [5, 5.41) is 2.74. The molecule has 0 aliphatic carbocycles. The second-order valence-electron chi connectivity index (χ2n) is 9.19. The summed E-state index contributed by atoms with van der Waals surface area (Å²) >= 11 is 0. The number of rotatable bonds is 9. The van der Waals surface area contributed by atoms with E-state index in [0.717, 1.165) is 18.4 Å². The minimum Gasteiger partial charge on any atom is -0.452 e. The number of esters is 1. The number of fused-ring (bicyclic) bond motifs is 1. The standard InChI is InChI=1S/C27H30N2O6/c1-17(2)19-7-5-18(6-8-19)11-12-28-24(30)16-35-27(33)20-9-10-22-23(14-20)26(32)29(25(22)31)15-21-4-3-13-34-21/h5-10,14,17,21H,3-4,11-13,15-16H2,1-2H3,(H,28,30). The molecule has 2 aromatic rings. The summed E-state index contributed by atoms with van der Waals surface area (Å²) in [4.78, 5) is 51.1. The van der Waals surface area contributed by atoms with E-state index in [9.17, 15) is 19.2 Å². The molecular weight excluding hydrogens is 448 g/mol. The molecule has 1 N–H and O–H groups in total. The molecule has 184 valence electrons. The van der Waals surface area contributed by atoms with Crippen molar-refractivity contribution >= 4 is 23.7 Å². The summed E-state index contributed by atoms with van der Waals surface area (Å²) < 4.78 is 10.6. The number of hydrogen-bond acceptors (Lipinski definition) is 6. The highest BCUT2D eigenvalue weighted by Crippen LogP contribution is 2.26. The molecule has 3 amide bonds. The van der Waals surface area contributed by atoms with Crippen LogP contribution in [0.4, 0.5) is 0 Å². The van der Waals surface area contributed by atoms with Crippen LogP contribution in [0.2, 0.25) is 0 Å². The zero-order chi connectivity index (χ0) is 24.9. The van der Waals surface area contributed by atoms with Crippen LogP contribution in [0.15, 0.2) is 42.5 Å². The lowest BCUT2D eigenvalue weighted by Crippen LogP contribution is -2.36. The molecule has 0 bridgehead atoms. The molecule has 0 radical (unpaired) electrons. The van der Waals surface area contributed by atoms with Crippen molar-refractivity contribution in [1.82, 2.24) is 10.2 Å². The highest BCUT2D eigenvalue weighted by Gasteiger charge is 2.38. The summed E-state index contributed by atoms with van der Waals surface area (Å²) in [6.07, 6.45) is 2.22. The maximum absolute atomic E-state index is 12.8. The van der Waals surface area contributed by atoms with Gasteiger partial charge in [-0.2, -0.15) is 0 Å².